The van der Waals surface area contributed by atoms with E-state index < -0.39 is 22.4 Å². The molecule has 182 valence electrons. The quantitative estimate of drug-likeness (QED) is 0.342. The Kier molecular flexibility index (Phi) is 12.9. The molecule has 0 fully saturated rings. The minimum atomic E-state index is -1.99. The first-order valence-corrected chi connectivity index (χ1v) is 14.2. The summed E-state index contributed by atoms with van der Waals surface area (Å²) in [7, 11) is -3.53. The normalized spacial score (nSPS) is 12.0. The van der Waals surface area contributed by atoms with Gasteiger partial charge in [-0.1, -0.05) is 93.6 Å². The molecular weight excluding hydrogens is 446 g/mol. The van der Waals surface area contributed by atoms with Gasteiger partial charge in [-0.25, -0.2) is 0 Å². The summed E-state index contributed by atoms with van der Waals surface area (Å²) < 4.78 is 12.9. The third-order valence-corrected chi connectivity index (χ3v) is 7.96. The summed E-state index contributed by atoms with van der Waals surface area (Å²) in [6, 6.07) is 27.5. The van der Waals surface area contributed by atoms with Crippen molar-refractivity contribution in [3.8, 4) is 5.75 Å². The Bertz CT molecular complexity index is 926. The average Bonchev–Trinajstić information content (AvgIpc) is 2.83. The summed E-state index contributed by atoms with van der Waals surface area (Å²) >= 11 is 2.21. The van der Waals surface area contributed by atoms with Crippen molar-refractivity contribution in [2.75, 3.05) is 0 Å². The van der Waals surface area contributed by atoms with Crippen LogP contribution in [0.2, 0.25) is 5.09 Å². The van der Waals surface area contributed by atoms with Crippen LogP contribution in [0.15, 0.2) is 84.9 Å². The summed E-state index contributed by atoms with van der Waals surface area (Å²) in [5, 5.41) is 22.7. The molecule has 0 saturated carbocycles. The molecule has 0 aliphatic heterocycles. The van der Waals surface area contributed by atoms with Crippen LogP contribution < -0.4 is 20.6 Å². The maximum atomic E-state index is 9.49. The second-order valence-corrected chi connectivity index (χ2v) is 12.3. The number of hydrogen-bond donors (Lipinski definition) is 2. The van der Waals surface area contributed by atoms with Gasteiger partial charge in [0.2, 0.25) is 9.04 Å². The van der Waals surface area contributed by atoms with Crippen molar-refractivity contribution in [3.05, 3.63) is 84.9 Å². The zero-order chi connectivity index (χ0) is 25.7. The summed E-state index contributed by atoms with van der Waals surface area (Å²) in [5.41, 5.74) is 0.382. The van der Waals surface area contributed by atoms with Crippen molar-refractivity contribution < 1.29 is 19.2 Å². The molecule has 35 heavy (non-hydrogen) atoms. The molecule has 3 aromatic carbocycles. The van der Waals surface area contributed by atoms with Crippen LogP contribution in [0.3, 0.4) is 0 Å². The molecule has 0 bridgehead atoms. The summed E-state index contributed by atoms with van der Waals surface area (Å²) in [6.07, 6.45) is 2.96. The standard InChI is InChI=1S/C24H29BO4Si.C4H9.Li/c1-24(2,3)18-23(28-20-12-10-11-19(17-20)25(26)27)29-30(21-13-6-4-7-14-21)22-15-8-5-9-16-22;1-3-4-2;/h4-17,23,26-27,30H,18H2,1-3H3;1,3-4H2,2H3;. The van der Waals surface area contributed by atoms with Gasteiger partial charge in [-0.3, -0.25) is 0 Å². The number of rotatable bonds is 10. The van der Waals surface area contributed by atoms with Gasteiger partial charge in [0.05, 0.1) is 0 Å². The van der Waals surface area contributed by atoms with Gasteiger partial charge in [-0.05, 0) is 33.4 Å². The zero-order valence-electron chi connectivity index (χ0n) is 21.9. The molecule has 1 unspecified atom stereocenters. The molecule has 0 aromatic heterocycles. The van der Waals surface area contributed by atoms with Gasteiger partial charge in [-0.15, -0.1) is 0 Å². The number of hydrogen-bond acceptors (Lipinski definition) is 4. The maximum absolute atomic E-state index is 9.49. The van der Waals surface area contributed by atoms with Crippen molar-refractivity contribution in [3.63, 3.8) is 0 Å². The second kappa shape index (κ2) is 15.4. The molecule has 1 atom stereocenters. The van der Waals surface area contributed by atoms with Crippen LogP contribution in [0.4, 0.5) is 0 Å². The third-order valence-electron chi connectivity index (χ3n) is 5.40. The summed E-state index contributed by atoms with van der Waals surface area (Å²) in [6.45, 7) is 8.68. The van der Waals surface area contributed by atoms with Crippen LogP contribution in [-0.2, 0) is 4.43 Å². The fourth-order valence-corrected chi connectivity index (χ4v) is 5.93. The van der Waals surface area contributed by atoms with Crippen LogP contribution in [0.25, 0.3) is 0 Å². The molecule has 0 saturated heterocycles. The molecule has 0 aliphatic carbocycles. The van der Waals surface area contributed by atoms with Crippen molar-refractivity contribution in [1.82, 2.24) is 0 Å². The van der Waals surface area contributed by atoms with E-state index in [0.29, 0.717) is 17.6 Å². The van der Waals surface area contributed by atoms with Gasteiger partial charge in [0.1, 0.15) is 5.75 Å². The topological polar surface area (TPSA) is 58.9 Å². The fraction of sp³-hybridized carbons (Fsp3) is 0.357. The van der Waals surface area contributed by atoms with E-state index in [9.17, 15) is 10.0 Å². The Morgan fingerprint density at radius 2 is 1.46 bits per heavy atom. The second-order valence-electron chi connectivity index (χ2n) is 9.95. The summed E-state index contributed by atoms with van der Waals surface area (Å²) in [5.74, 6) is 0.559. The van der Waals surface area contributed by atoms with Crippen LogP contribution in [0.5, 0.6) is 5.75 Å². The predicted octanol–water partition coefficient (Wildman–Crippen LogP) is 3.44. The van der Waals surface area contributed by atoms with Crippen molar-refractivity contribution in [2.24, 2.45) is 5.41 Å². The van der Waals surface area contributed by atoms with Gasteiger partial charge < -0.3 is 19.2 Å². The first kappa shape index (κ1) is 29.4. The van der Waals surface area contributed by atoms with E-state index in [1.54, 1.807) is 18.2 Å². The van der Waals surface area contributed by atoms with Crippen molar-refractivity contribution >= 4 is 49.7 Å². The Hall–Kier alpha value is -1.78. The molecule has 3 rings (SSSR count). The van der Waals surface area contributed by atoms with Crippen molar-refractivity contribution in [2.45, 2.75) is 58.3 Å². The molecule has 0 aliphatic rings. The fourth-order valence-electron chi connectivity index (χ4n) is 3.63. The number of unbranched alkanes of at least 4 members (excludes halogenated alkanes) is 1. The predicted molar refractivity (Wildman–Crippen MR) is 151 cm³/mol. The van der Waals surface area contributed by atoms with Crippen LogP contribution >= 0.6 is 0 Å². The van der Waals surface area contributed by atoms with Crippen LogP contribution in [-0.4, -0.2) is 50.2 Å². The summed E-state index contributed by atoms with van der Waals surface area (Å²) in [4.78, 5) is 0. The van der Waals surface area contributed by atoms with Gasteiger partial charge in [0.25, 0.3) is 0 Å². The Labute approximate surface area is 222 Å². The van der Waals surface area contributed by atoms with E-state index in [-0.39, 0.29) is 5.41 Å². The molecule has 7 heteroatoms. The molecule has 4 nitrogen and oxygen atoms in total. The molecule has 2 N–H and O–H groups in total. The average molecular weight is 484 g/mol. The van der Waals surface area contributed by atoms with Crippen LogP contribution in [0.1, 0.15) is 47.0 Å². The van der Waals surface area contributed by atoms with Gasteiger partial charge >= 0.3 is 49.7 Å². The monoisotopic (exact) mass is 484 g/mol. The van der Waals surface area contributed by atoms with E-state index in [0.717, 1.165) is 0 Å². The first-order valence-electron chi connectivity index (χ1n) is 12.6. The molecule has 0 heterocycles. The molecule has 0 radical (unpaired) electrons. The van der Waals surface area contributed by atoms with E-state index in [2.05, 4.69) is 69.7 Å². The van der Waals surface area contributed by atoms with Crippen molar-refractivity contribution in [1.29, 1.82) is 0 Å². The first-order chi connectivity index (χ1) is 16.7. The molecule has 3 aromatic rings. The molecule has 0 spiro atoms. The van der Waals surface area contributed by atoms with Gasteiger partial charge in [0, 0.05) is 6.42 Å². The van der Waals surface area contributed by atoms with E-state index in [1.807, 2.05) is 42.5 Å². The minimum absolute atomic E-state index is 0.00883. The van der Waals surface area contributed by atoms with Gasteiger partial charge in [0.15, 0.2) is 6.29 Å². The number of benzene rings is 3. The molecular formula is C28H38BLiO4Si. The van der Waals surface area contributed by atoms with E-state index >= 15 is 0 Å². The van der Waals surface area contributed by atoms with Gasteiger partial charge in [-0.2, -0.15) is 0 Å². The Morgan fingerprint density at radius 1 is 0.886 bits per heavy atom. The van der Waals surface area contributed by atoms with E-state index in [1.165, 1.54) is 28.3 Å². The van der Waals surface area contributed by atoms with Crippen LogP contribution in [0, 0.1) is 5.41 Å². The zero-order valence-corrected chi connectivity index (χ0v) is 23.0. The van der Waals surface area contributed by atoms with E-state index in [4.69, 9.17) is 9.16 Å². The molecule has 0 amide bonds. The Morgan fingerprint density at radius 3 is 1.89 bits per heavy atom. The number of ether oxygens (including phenoxy) is 1. The Balaban J connectivity index is 0.000000784. The SMILES string of the molecule is CC(C)(C)CC(Oc1cccc(B(O)O)c1)O[SiH](c1ccccc1)c1ccccc1.[Li][CH2]CCC. The third kappa shape index (κ3) is 11.2.